The third kappa shape index (κ3) is 4.31. The Balaban J connectivity index is 1.23. The largest absolute Gasteiger partial charge is 0.494 e. The lowest BCUT2D eigenvalue weighted by Crippen LogP contribution is -2.51. The Morgan fingerprint density at radius 3 is 2.14 bits per heavy atom. The van der Waals surface area contributed by atoms with Crippen LogP contribution in [0.1, 0.15) is 55.8 Å². The molecule has 4 bridgehead atoms. The van der Waals surface area contributed by atoms with Crippen LogP contribution in [0.3, 0.4) is 0 Å². The Hall–Kier alpha value is -2.37. The maximum absolute atomic E-state index is 12.9. The molecule has 4 saturated carbocycles. The minimum Gasteiger partial charge on any atom is -0.494 e. The SMILES string of the molecule is CCOc1ccc(C(=O)NCC(=O)OCC(=O)C23CC4CC(CC(C4)C2)C3)cc1. The molecule has 6 nitrogen and oxygen atoms in total. The number of hydrogen-bond donors (Lipinski definition) is 1. The minimum atomic E-state index is -0.581. The van der Waals surface area contributed by atoms with Gasteiger partial charge in [0.2, 0.25) is 0 Å². The average molecular weight is 399 g/mol. The number of nitrogens with one attached hydrogen (secondary N) is 1. The molecule has 4 aliphatic rings. The van der Waals surface area contributed by atoms with Crippen LogP contribution in [0.25, 0.3) is 0 Å². The number of benzene rings is 1. The summed E-state index contributed by atoms with van der Waals surface area (Å²) >= 11 is 0. The van der Waals surface area contributed by atoms with Crippen LogP contribution in [0, 0.1) is 23.2 Å². The topological polar surface area (TPSA) is 81.7 Å². The molecular weight excluding hydrogens is 370 g/mol. The summed E-state index contributed by atoms with van der Waals surface area (Å²) in [4.78, 5) is 37.1. The predicted octanol–water partition coefficient (Wildman–Crippen LogP) is 3.14. The highest BCUT2D eigenvalue weighted by Gasteiger charge is 2.54. The van der Waals surface area contributed by atoms with Gasteiger partial charge in [-0.05, 0) is 87.5 Å². The van der Waals surface area contributed by atoms with Crippen molar-refractivity contribution in [2.45, 2.75) is 45.4 Å². The molecule has 4 aliphatic carbocycles. The third-order valence-corrected chi connectivity index (χ3v) is 6.81. The number of carbonyl (C=O) groups is 3. The van der Waals surface area contributed by atoms with E-state index in [-0.39, 0.29) is 30.3 Å². The average Bonchev–Trinajstić information content (AvgIpc) is 2.70. The van der Waals surface area contributed by atoms with Crippen LogP contribution >= 0.6 is 0 Å². The summed E-state index contributed by atoms with van der Waals surface area (Å²) in [5.41, 5.74) is 0.173. The first kappa shape index (κ1) is 19.9. The van der Waals surface area contributed by atoms with E-state index in [1.807, 2.05) is 6.92 Å². The summed E-state index contributed by atoms with van der Waals surface area (Å²) in [6.45, 7) is 2.02. The van der Waals surface area contributed by atoms with Crippen molar-refractivity contribution in [3.05, 3.63) is 29.8 Å². The van der Waals surface area contributed by atoms with Crippen LogP contribution in [0.15, 0.2) is 24.3 Å². The summed E-state index contributed by atoms with van der Waals surface area (Å²) in [6.07, 6.45) is 6.69. The van der Waals surface area contributed by atoms with Crippen LogP contribution in [0.4, 0.5) is 0 Å². The molecule has 0 heterocycles. The van der Waals surface area contributed by atoms with Gasteiger partial charge in [-0.1, -0.05) is 0 Å². The number of amides is 1. The van der Waals surface area contributed by atoms with Gasteiger partial charge in [0.1, 0.15) is 12.3 Å². The highest BCUT2D eigenvalue weighted by molar-refractivity contribution is 5.96. The van der Waals surface area contributed by atoms with Crippen LogP contribution in [-0.4, -0.2) is 37.4 Å². The monoisotopic (exact) mass is 399 g/mol. The molecule has 4 fully saturated rings. The summed E-state index contributed by atoms with van der Waals surface area (Å²) in [7, 11) is 0. The molecule has 5 rings (SSSR count). The Morgan fingerprint density at radius 2 is 1.59 bits per heavy atom. The maximum Gasteiger partial charge on any atom is 0.325 e. The van der Waals surface area contributed by atoms with Crippen molar-refractivity contribution in [2.75, 3.05) is 19.8 Å². The van der Waals surface area contributed by atoms with E-state index >= 15 is 0 Å². The Morgan fingerprint density at radius 1 is 1.00 bits per heavy atom. The number of ketones is 1. The number of hydrogen-bond acceptors (Lipinski definition) is 5. The van der Waals surface area contributed by atoms with Gasteiger partial charge in [0.15, 0.2) is 12.4 Å². The van der Waals surface area contributed by atoms with Gasteiger partial charge in [-0.25, -0.2) is 0 Å². The molecule has 0 aromatic heterocycles. The summed E-state index contributed by atoms with van der Waals surface area (Å²) in [5.74, 6) is 1.84. The van der Waals surface area contributed by atoms with Crippen molar-refractivity contribution in [1.82, 2.24) is 5.32 Å². The van der Waals surface area contributed by atoms with E-state index in [1.165, 1.54) is 19.3 Å². The molecule has 1 aromatic rings. The molecule has 0 radical (unpaired) electrons. The van der Waals surface area contributed by atoms with Crippen LogP contribution in [-0.2, 0) is 14.3 Å². The second-order valence-corrected chi connectivity index (χ2v) is 8.92. The van der Waals surface area contributed by atoms with Crippen molar-refractivity contribution < 1.29 is 23.9 Å². The van der Waals surface area contributed by atoms with E-state index in [4.69, 9.17) is 9.47 Å². The van der Waals surface area contributed by atoms with E-state index in [2.05, 4.69) is 5.32 Å². The quantitative estimate of drug-likeness (QED) is 0.679. The summed E-state index contributed by atoms with van der Waals surface area (Å²) < 4.78 is 10.6. The number of carbonyl (C=O) groups excluding carboxylic acids is 3. The molecule has 156 valence electrons. The zero-order chi connectivity index (χ0) is 20.4. The van der Waals surface area contributed by atoms with E-state index in [9.17, 15) is 14.4 Å². The van der Waals surface area contributed by atoms with E-state index in [1.54, 1.807) is 24.3 Å². The highest BCUT2D eigenvalue weighted by atomic mass is 16.5. The first-order valence-electron chi connectivity index (χ1n) is 10.7. The van der Waals surface area contributed by atoms with Gasteiger partial charge in [-0.15, -0.1) is 0 Å². The smallest absolute Gasteiger partial charge is 0.325 e. The molecule has 0 spiro atoms. The Kier molecular flexibility index (Phi) is 5.61. The number of rotatable bonds is 8. The molecule has 0 unspecified atom stereocenters. The first-order valence-corrected chi connectivity index (χ1v) is 10.7. The van der Waals surface area contributed by atoms with E-state index < -0.39 is 5.97 Å². The lowest BCUT2D eigenvalue weighted by molar-refractivity contribution is -0.157. The lowest BCUT2D eigenvalue weighted by Gasteiger charge is -2.55. The van der Waals surface area contributed by atoms with Crippen LogP contribution < -0.4 is 10.1 Å². The molecular formula is C23H29NO5. The van der Waals surface area contributed by atoms with Crippen molar-refractivity contribution in [3.63, 3.8) is 0 Å². The predicted molar refractivity (Wildman–Crippen MR) is 107 cm³/mol. The first-order chi connectivity index (χ1) is 14.0. The second-order valence-electron chi connectivity index (χ2n) is 8.92. The Labute approximate surface area is 171 Å². The van der Waals surface area contributed by atoms with Crippen molar-refractivity contribution >= 4 is 17.7 Å². The molecule has 1 N–H and O–H groups in total. The maximum atomic E-state index is 12.9. The van der Waals surface area contributed by atoms with Gasteiger partial charge in [0, 0.05) is 11.0 Å². The molecule has 0 aliphatic heterocycles. The molecule has 29 heavy (non-hydrogen) atoms. The normalized spacial score (nSPS) is 29.3. The van der Waals surface area contributed by atoms with Gasteiger partial charge >= 0.3 is 5.97 Å². The zero-order valence-electron chi connectivity index (χ0n) is 16.9. The highest BCUT2D eigenvalue weighted by Crippen LogP contribution is 2.60. The van der Waals surface area contributed by atoms with Gasteiger partial charge in [-0.3, -0.25) is 14.4 Å². The lowest BCUT2D eigenvalue weighted by atomic mass is 9.48. The van der Waals surface area contributed by atoms with Crippen molar-refractivity contribution in [3.8, 4) is 5.75 Å². The molecule has 0 saturated heterocycles. The minimum absolute atomic E-state index is 0.0720. The molecule has 1 aromatic carbocycles. The fraction of sp³-hybridized carbons (Fsp3) is 0.609. The number of Topliss-reactive ketones (excluding diaryl/α,β-unsaturated/α-hetero) is 1. The zero-order valence-corrected chi connectivity index (χ0v) is 16.9. The van der Waals surface area contributed by atoms with Gasteiger partial charge in [0.25, 0.3) is 5.91 Å². The van der Waals surface area contributed by atoms with Crippen molar-refractivity contribution in [2.24, 2.45) is 23.2 Å². The van der Waals surface area contributed by atoms with Gasteiger partial charge < -0.3 is 14.8 Å². The van der Waals surface area contributed by atoms with Crippen LogP contribution in [0.5, 0.6) is 5.75 Å². The third-order valence-electron chi connectivity index (χ3n) is 6.81. The fourth-order valence-electron chi connectivity index (χ4n) is 5.93. The van der Waals surface area contributed by atoms with Crippen molar-refractivity contribution in [1.29, 1.82) is 0 Å². The van der Waals surface area contributed by atoms with Crippen LogP contribution in [0.2, 0.25) is 0 Å². The molecule has 1 amide bonds. The second kappa shape index (κ2) is 8.17. The molecule has 6 heteroatoms. The summed E-state index contributed by atoms with van der Waals surface area (Å²) in [6, 6.07) is 6.70. The Bertz CT molecular complexity index is 750. The van der Waals surface area contributed by atoms with E-state index in [0.29, 0.717) is 35.7 Å². The number of esters is 1. The molecule has 0 atom stereocenters. The fourth-order valence-corrected chi connectivity index (χ4v) is 5.93. The summed E-state index contributed by atoms with van der Waals surface area (Å²) in [5, 5.41) is 2.54. The number of ether oxygens (including phenoxy) is 2. The van der Waals surface area contributed by atoms with Gasteiger partial charge in [-0.2, -0.15) is 0 Å². The van der Waals surface area contributed by atoms with E-state index in [0.717, 1.165) is 19.3 Å². The van der Waals surface area contributed by atoms with Gasteiger partial charge in [0.05, 0.1) is 6.61 Å². The standard InChI is InChI=1S/C23H29NO5/c1-2-28-19-5-3-18(4-6-19)22(27)24-13-21(26)29-14-20(25)23-10-15-7-16(11-23)9-17(8-15)12-23/h3-6,15-17H,2,7-14H2,1H3,(H,24,27).